The maximum atomic E-state index is 12.3. The second kappa shape index (κ2) is 7.90. The van der Waals surface area contributed by atoms with Gasteiger partial charge in [0.1, 0.15) is 0 Å². The number of rotatable bonds is 7. The Morgan fingerprint density at radius 3 is 2.39 bits per heavy atom. The van der Waals surface area contributed by atoms with Gasteiger partial charge in [-0.1, -0.05) is 45.0 Å². The van der Waals surface area contributed by atoms with E-state index in [-0.39, 0.29) is 17.6 Å². The molecule has 0 aromatic heterocycles. The van der Waals surface area contributed by atoms with E-state index in [0.29, 0.717) is 5.56 Å². The highest BCUT2D eigenvalue weighted by Gasteiger charge is 2.38. The van der Waals surface area contributed by atoms with Crippen molar-refractivity contribution in [1.29, 1.82) is 0 Å². The minimum Gasteiger partial charge on any atom is -0.415 e. The Balaban J connectivity index is 2.78. The predicted octanol–water partition coefficient (Wildman–Crippen LogP) is 3.35. The maximum Gasteiger partial charge on any atom is 0.251 e. The molecule has 1 aromatic carbocycles. The van der Waals surface area contributed by atoms with Crippen LogP contribution in [0.1, 0.15) is 31.1 Å². The van der Waals surface area contributed by atoms with Crippen molar-refractivity contribution in [3.63, 3.8) is 0 Å². The molecular weight excluding hydrogens is 306 g/mol. The summed E-state index contributed by atoms with van der Waals surface area (Å²) >= 11 is 0. The predicted molar refractivity (Wildman–Crippen MR) is 97.0 cm³/mol. The first-order valence-corrected chi connectivity index (χ1v) is 10.8. The van der Waals surface area contributed by atoms with Gasteiger partial charge in [-0.05, 0) is 30.3 Å². The van der Waals surface area contributed by atoms with E-state index in [2.05, 4.69) is 45.8 Å². The van der Waals surface area contributed by atoms with E-state index < -0.39 is 20.5 Å². The van der Waals surface area contributed by atoms with E-state index in [1.165, 1.54) is 6.08 Å². The van der Waals surface area contributed by atoms with Crippen molar-refractivity contribution in [1.82, 2.24) is 5.32 Å². The third kappa shape index (κ3) is 5.60. The summed E-state index contributed by atoms with van der Waals surface area (Å²) in [6.45, 7) is 14.6. The highest BCUT2D eigenvalue weighted by Crippen LogP contribution is 2.36. The molecule has 0 saturated heterocycles. The van der Waals surface area contributed by atoms with E-state index in [4.69, 9.17) is 4.43 Å². The summed E-state index contributed by atoms with van der Waals surface area (Å²) in [6, 6.07) is 8.42. The van der Waals surface area contributed by atoms with Crippen LogP contribution in [0.4, 0.5) is 0 Å². The molecule has 4 nitrogen and oxygen atoms in total. The van der Waals surface area contributed by atoms with Gasteiger partial charge in [0.2, 0.25) is 0 Å². The van der Waals surface area contributed by atoms with Crippen LogP contribution in [0.5, 0.6) is 0 Å². The molecular formula is C18H29NO3Si. The lowest BCUT2D eigenvalue weighted by Crippen LogP contribution is -2.50. The molecule has 1 amide bonds. The maximum absolute atomic E-state index is 12.3. The molecule has 2 N–H and O–H groups in total. The Hall–Kier alpha value is -1.43. The van der Waals surface area contributed by atoms with Crippen molar-refractivity contribution < 1.29 is 14.3 Å². The first kappa shape index (κ1) is 19.6. The van der Waals surface area contributed by atoms with Crippen LogP contribution in [0.15, 0.2) is 43.0 Å². The molecule has 23 heavy (non-hydrogen) atoms. The van der Waals surface area contributed by atoms with E-state index in [9.17, 15) is 9.90 Å². The Bertz CT molecular complexity index is 523. The molecule has 0 aliphatic carbocycles. The quantitative estimate of drug-likeness (QED) is 0.593. The smallest absolute Gasteiger partial charge is 0.251 e. The van der Waals surface area contributed by atoms with E-state index in [0.717, 1.165) is 0 Å². The van der Waals surface area contributed by atoms with Crippen molar-refractivity contribution in [2.75, 3.05) is 6.61 Å². The monoisotopic (exact) mass is 335 g/mol. The van der Waals surface area contributed by atoms with Gasteiger partial charge in [-0.25, -0.2) is 0 Å². The lowest BCUT2D eigenvalue weighted by molar-refractivity contribution is 0.0821. The molecule has 0 fully saturated rings. The lowest BCUT2D eigenvalue weighted by atomic mass is 10.1. The fraction of sp³-hybridized carbons (Fsp3) is 0.500. The van der Waals surface area contributed by atoms with Crippen LogP contribution < -0.4 is 5.32 Å². The number of amides is 1. The molecule has 128 valence electrons. The average molecular weight is 336 g/mol. The van der Waals surface area contributed by atoms with Gasteiger partial charge in [0, 0.05) is 5.56 Å². The van der Waals surface area contributed by atoms with Crippen LogP contribution in [-0.4, -0.2) is 38.1 Å². The number of aliphatic hydroxyl groups excluding tert-OH is 1. The van der Waals surface area contributed by atoms with Crippen LogP contribution in [0.3, 0.4) is 0 Å². The van der Waals surface area contributed by atoms with Crippen molar-refractivity contribution in [2.24, 2.45) is 0 Å². The third-order valence-corrected chi connectivity index (χ3v) is 8.94. The Kier molecular flexibility index (Phi) is 6.74. The average Bonchev–Trinajstić information content (AvgIpc) is 2.50. The number of carbonyl (C=O) groups is 1. The first-order chi connectivity index (χ1) is 10.6. The van der Waals surface area contributed by atoms with Gasteiger partial charge in [-0.2, -0.15) is 0 Å². The van der Waals surface area contributed by atoms with Gasteiger partial charge in [0.15, 0.2) is 8.32 Å². The Morgan fingerprint density at radius 2 is 1.91 bits per heavy atom. The SMILES string of the molecule is C=C[C@@H](O)[C@@H](CO[Si](C)(C)C(C)(C)C)NC(=O)c1ccccc1. The molecule has 0 spiro atoms. The standard InChI is InChI=1S/C18H29NO3Si/c1-7-16(20)15(13-22-23(5,6)18(2,3)4)19-17(21)14-11-9-8-10-12-14/h7-12,15-16,20H,1,13H2,2-6H3,(H,19,21)/t15-,16-/m1/s1. The second-order valence-corrected chi connectivity index (χ2v) is 12.1. The molecule has 0 aliphatic rings. The summed E-state index contributed by atoms with van der Waals surface area (Å²) in [5, 5.41) is 13.0. The zero-order valence-electron chi connectivity index (χ0n) is 14.8. The molecule has 0 unspecified atom stereocenters. The van der Waals surface area contributed by atoms with E-state index >= 15 is 0 Å². The molecule has 0 radical (unpaired) electrons. The largest absolute Gasteiger partial charge is 0.415 e. The minimum absolute atomic E-state index is 0.0696. The fourth-order valence-electron chi connectivity index (χ4n) is 1.75. The van der Waals surface area contributed by atoms with Crippen molar-refractivity contribution in [3.05, 3.63) is 48.6 Å². The molecule has 1 rings (SSSR count). The number of carbonyl (C=O) groups excluding carboxylic acids is 1. The number of hydrogen-bond donors (Lipinski definition) is 2. The second-order valence-electron chi connectivity index (χ2n) is 7.24. The third-order valence-electron chi connectivity index (χ3n) is 4.44. The number of hydrogen-bond acceptors (Lipinski definition) is 3. The molecule has 2 atom stereocenters. The Labute approximate surface area is 140 Å². The van der Waals surface area contributed by atoms with Crippen LogP contribution >= 0.6 is 0 Å². The van der Waals surface area contributed by atoms with Crippen LogP contribution in [0, 0.1) is 0 Å². The van der Waals surface area contributed by atoms with Gasteiger partial charge < -0.3 is 14.8 Å². The normalized spacial score (nSPS) is 14.9. The summed E-state index contributed by atoms with van der Waals surface area (Å²) in [4.78, 5) is 12.3. The van der Waals surface area contributed by atoms with Gasteiger partial charge in [-0.3, -0.25) is 4.79 Å². The summed E-state index contributed by atoms with van der Waals surface area (Å²) in [7, 11) is -1.95. The number of benzene rings is 1. The molecule has 0 saturated carbocycles. The van der Waals surface area contributed by atoms with Crippen LogP contribution in [-0.2, 0) is 4.43 Å². The molecule has 0 aliphatic heterocycles. The lowest BCUT2D eigenvalue weighted by Gasteiger charge is -2.37. The van der Waals surface area contributed by atoms with Gasteiger partial charge >= 0.3 is 0 Å². The van der Waals surface area contributed by atoms with Crippen molar-refractivity contribution in [3.8, 4) is 0 Å². The van der Waals surface area contributed by atoms with Crippen molar-refractivity contribution in [2.45, 2.75) is 51.0 Å². The van der Waals surface area contributed by atoms with E-state index in [1.54, 1.807) is 24.3 Å². The minimum atomic E-state index is -1.95. The van der Waals surface area contributed by atoms with Crippen molar-refractivity contribution >= 4 is 14.2 Å². The molecule has 0 bridgehead atoms. The molecule has 1 aromatic rings. The van der Waals surface area contributed by atoms with Gasteiger partial charge in [-0.15, -0.1) is 6.58 Å². The summed E-state index contributed by atoms with van der Waals surface area (Å²) < 4.78 is 6.13. The number of aliphatic hydroxyl groups is 1. The molecule has 0 heterocycles. The van der Waals surface area contributed by atoms with Gasteiger partial charge in [0.25, 0.3) is 5.91 Å². The summed E-state index contributed by atoms with van der Waals surface area (Å²) in [6.07, 6.45) is 0.567. The summed E-state index contributed by atoms with van der Waals surface area (Å²) in [5.41, 5.74) is 0.557. The van der Waals surface area contributed by atoms with Crippen LogP contribution in [0.25, 0.3) is 0 Å². The summed E-state index contributed by atoms with van der Waals surface area (Å²) in [5.74, 6) is -0.227. The highest BCUT2D eigenvalue weighted by atomic mass is 28.4. The first-order valence-electron chi connectivity index (χ1n) is 7.89. The van der Waals surface area contributed by atoms with Crippen LogP contribution in [0.2, 0.25) is 18.1 Å². The molecule has 5 heteroatoms. The zero-order chi connectivity index (χ0) is 17.7. The van der Waals surface area contributed by atoms with Gasteiger partial charge in [0.05, 0.1) is 18.8 Å². The Morgan fingerprint density at radius 1 is 1.35 bits per heavy atom. The fourth-order valence-corrected chi connectivity index (χ4v) is 2.78. The number of nitrogens with one attached hydrogen (secondary N) is 1. The highest BCUT2D eigenvalue weighted by molar-refractivity contribution is 6.74. The zero-order valence-corrected chi connectivity index (χ0v) is 15.8. The van der Waals surface area contributed by atoms with E-state index in [1.807, 2.05) is 6.07 Å². The topological polar surface area (TPSA) is 58.6 Å².